The van der Waals surface area contributed by atoms with E-state index in [4.69, 9.17) is 4.74 Å². The van der Waals surface area contributed by atoms with Crippen LogP contribution in [-0.2, 0) is 16.1 Å². The number of rotatable bonds is 6. The number of amides is 1. The minimum Gasteiger partial charge on any atom is -0.465 e. The number of carbonyl (C=O) groups excluding carboxylic acids is 2. The number of aromatic nitrogens is 3. The standard InChI is InChI=1S/C15H20N4O3S2/c1-6-19-10(4)17-18-15(19)23-7-11(20)16-13-12(14(21)22-5)8(2)9(3)24-13/h6-7H2,1-5H3,(H,16,20). The maximum atomic E-state index is 12.2. The van der Waals surface area contributed by atoms with E-state index in [-0.39, 0.29) is 11.7 Å². The molecule has 0 unspecified atom stereocenters. The summed E-state index contributed by atoms with van der Waals surface area (Å²) in [5.41, 5.74) is 1.25. The third kappa shape index (κ3) is 3.78. The van der Waals surface area contributed by atoms with Gasteiger partial charge in [0.2, 0.25) is 5.91 Å². The Morgan fingerprint density at radius 1 is 1.29 bits per heavy atom. The van der Waals surface area contributed by atoms with Crippen molar-refractivity contribution in [3.8, 4) is 0 Å². The van der Waals surface area contributed by atoms with Crippen LogP contribution in [0.3, 0.4) is 0 Å². The lowest BCUT2D eigenvalue weighted by atomic mass is 10.1. The maximum absolute atomic E-state index is 12.2. The van der Waals surface area contributed by atoms with Gasteiger partial charge in [-0.25, -0.2) is 4.79 Å². The number of aryl methyl sites for hydroxylation is 2. The topological polar surface area (TPSA) is 86.1 Å². The van der Waals surface area contributed by atoms with Gasteiger partial charge in [0.15, 0.2) is 5.16 Å². The molecule has 2 rings (SSSR count). The Morgan fingerprint density at radius 2 is 2.00 bits per heavy atom. The first-order chi connectivity index (χ1) is 11.4. The number of nitrogens with zero attached hydrogens (tertiary/aromatic N) is 3. The zero-order valence-electron chi connectivity index (χ0n) is 14.3. The van der Waals surface area contributed by atoms with Crippen molar-refractivity contribution in [1.29, 1.82) is 0 Å². The number of carbonyl (C=O) groups is 2. The molecule has 2 aromatic rings. The number of thiophene rings is 1. The van der Waals surface area contributed by atoms with Crippen molar-refractivity contribution in [3.63, 3.8) is 0 Å². The Labute approximate surface area is 148 Å². The highest BCUT2D eigenvalue weighted by atomic mass is 32.2. The molecule has 0 radical (unpaired) electrons. The molecule has 2 heterocycles. The number of esters is 1. The fourth-order valence-corrected chi connectivity index (χ4v) is 4.10. The van der Waals surface area contributed by atoms with Crippen molar-refractivity contribution in [1.82, 2.24) is 14.8 Å². The number of anilines is 1. The molecule has 0 spiro atoms. The molecule has 1 amide bonds. The number of hydrogen-bond acceptors (Lipinski definition) is 7. The molecule has 9 heteroatoms. The van der Waals surface area contributed by atoms with Gasteiger partial charge in [-0.05, 0) is 33.3 Å². The van der Waals surface area contributed by atoms with Crippen LogP contribution in [0.4, 0.5) is 5.00 Å². The molecule has 0 saturated heterocycles. The molecule has 7 nitrogen and oxygen atoms in total. The van der Waals surface area contributed by atoms with E-state index in [1.54, 1.807) is 0 Å². The molecule has 0 aliphatic rings. The van der Waals surface area contributed by atoms with Crippen molar-refractivity contribution in [2.24, 2.45) is 0 Å². The van der Waals surface area contributed by atoms with Gasteiger partial charge in [-0.2, -0.15) is 0 Å². The van der Waals surface area contributed by atoms with Gasteiger partial charge in [-0.1, -0.05) is 11.8 Å². The summed E-state index contributed by atoms with van der Waals surface area (Å²) in [5, 5.41) is 12.1. The largest absolute Gasteiger partial charge is 0.465 e. The second-order valence-electron chi connectivity index (χ2n) is 5.09. The lowest BCUT2D eigenvalue weighted by Crippen LogP contribution is -2.16. The zero-order valence-corrected chi connectivity index (χ0v) is 15.9. The average Bonchev–Trinajstić information content (AvgIpc) is 3.04. The van der Waals surface area contributed by atoms with Crippen LogP contribution in [-0.4, -0.2) is 39.5 Å². The normalized spacial score (nSPS) is 10.7. The third-order valence-corrected chi connectivity index (χ3v) is 5.67. The summed E-state index contributed by atoms with van der Waals surface area (Å²) >= 11 is 2.69. The summed E-state index contributed by atoms with van der Waals surface area (Å²) in [6, 6.07) is 0. The zero-order chi connectivity index (χ0) is 17.9. The lowest BCUT2D eigenvalue weighted by Gasteiger charge is -2.07. The number of methoxy groups -OCH3 is 1. The predicted molar refractivity (Wildman–Crippen MR) is 94.9 cm³/mol. The monoisotopic (exact) mass is 368 g/mol. The Kier molecular flexibility index (Phi) is 6.00. The summed E-state index contributed by atoms with van der Waals surface area (Å²) in [7, 11) is 1.33. The SMILES string of the molecule is CCn1c(C)nnc1SCC(=O)Nc1sc(C)c(C)c1C(=O)OC. The lowest BCUT2D eigenvalue weighted by molar-refractivity contribution is -0.113. The van der Waals surface area contributed by atoms with E-state index in [1.165, 1.54) is 30.2 Å². The highest BCUT2D eigenvalue weighted by Crippen LogP contribution is 2.33. The van der Waals surface area contributed by atoms with Crippen LogP contribution >= 0.6 is 23.1 Å². The van der Waals surface area contributed by atoms with Crippen LogP contribution in [0.1, 0.15) is 33.5 Å². The first kappa shape index (κ1) is 18.5. The van der Waals surface area contributed by atoms with Gasteiger partial charge in [0.25, 0.3) is 0 Å². The quantitative estimate of drug-likeness (QED) is 0.623. The molecule has 0 bridgehead atoms. The number of nitrogens with one attached hydrogen (secondary N) is 1. The molecular formula is C15H20N4O3S2. The van der Waals surface area contributed by atoms with Crippen LogP contribution < -0.4 is 5.32 Å². The molecule has 0 aliphatic carbocycles. The molecule has 1 N–H and O–H groups in total. The summed E-state index contributed by atoms with van der Waals surface area (Å²) in [6.07, 6.45) is 0. The Balaban J connectivity index is 2.08. The fourth-order valence-electron chi connectivity index (χ4n) is 2.19. The fraction of sp³-hybridized carbons (Fsp3) is 0.467. The highest BCUT2D eigenvalue weighted by Gasteiger charge is 2.21. The van der Waals surface area contributed by atoms with Gasteiger partial charge >= 0.3 is 5.97 Å². The molecule has 0 atom stereocenters. The van der Waals surface area contributed by atoms with E-state index < -0.39 is 5.97 Å². The first-order valence-electron chi connectivity index (χ1n) is 7.39. The number of ether oxygens (including phenoxy) is 1. The maximum Gasteiger partial charge on any atom is 0.341 e. The average molecular weight is 368 g/mol. The van der Waals surface area contributed by atoms with Crippen LogP contribution in [0.15, 0.2) is 5.16 Å². The van der Waals surface area contributed by atoms with Crippen LogP contribution in [0, 0.1) is 20.8 Å². The smallest absolute Gasteiger partial charge is 0.341 e. The number of thioether (sulfide) groups is 1. The second kappa shape index (κ2) is 7.80. The van der Waals surface area contributed by atoms with Gasteiger partial charge in [-0.15, -0.1) is 21.5 Å². The highest BCUT2D eigenvalue weighted by molar-refractivity contribution is 7.99. The van der Waals surface area contributed by atoms with Gasteiger partial charge < -0.3 is 14.6 Å². The summed E-state index contributed by atoms with van der Waals surface area (Å²) < 4.78 is 6.75. The van der Waals surface area contributed by atoms with Crippen LogP contribution in [0.5, 0.6) is 0 Å². The van der Waals surface area contributed by atoms with Crippen LogP contribution in [0.25, 0.3) is 0 Å². The van der Waals surface area contributed by atoms with Crippen molar-refractivity contribution in [3.05, 3.63) is 21.8 Å². The van der Waals surface area contributed by atoms with Crippen molar-refractivity contribution in [2.75, 3.05) is 18.2 Å². The minimum atomic E-state index is -0.443. The number of hydrogen-bond donors (Lipinski definition) is 1. The summed E-state index contributed by atoms with van der Waals surface area (Å²) in [4.78, 5) is 25.1. The Morgan fingerprint density at radius 3 is 2.62 bits per heavy atom. The van der Waals surface area contributed by atoms with Gasteiger partial charge in [-0.3, -0.25) is 4.79 Å². The van der Waals surface area contributed by atoms with Gasteiger partial charge in [0.1, 0.15) is 10.8 Å². The van der Waals surface area contributed by atoms with Crippen molar-refractivity contribution >= 4 is 40.0 Å². The summed E-state index contributed by atoms with van der Waals surface area (Å²) in [6.45, 7) is 8.37. The van der Waals surface area contributed by atoms with E-state index >= 15 is 0 Å². The van der Waals surface area contributed by atoms with E-state index in [0.29, 0.717) is 15.7 Å². The first-order valence-corrected chi connectivity index (χ1v) is 9.20. The Hall–Kier alpha value is -1.87. The van der Waals surface area contributed by atoms with E-state index in [1.807, 2.05) is 32.3 Å². The molecular weight excluding hydrogens is 348 g/mol. The molecule has 24 heavy (non-hydrogen) atoms. The van der Waals surface area contributed by atoms with Crippen LogP contribution in [0.2, 0.25) is 0 Å². The molecule has 0 fully saturated rings. The van der Waals surface area contributed by atoms with Crippen molar-refractivity contribution in [2.45, 2.75) is 39.4 Å². The predicted octanol–water partition coefficient (Wildman–Crippen LogP) is 2.80. The molecule has 0 saturated carbocycles. The van der Waals surface area contributed by atoms with Gasteiger partial charge in [0.05, 0.1) is 18.4 Å². The summed E-state index contributed by atoms with van der Waals surface area (Å²) in [5.74, 6) is 0.364. The van der Waals surface area contributed by atoms with E-state index in [0.717, 1.165) is 22.8 Å². The third-order valence-electron chi connectivity index (χ3n) is 3.58. The second-order valence-corrected chi connectivity index (χ2v) is 7.26. The molecule has 2 aromatic heterocycles. The molecule has 0 aromatic carbocycles. The van der Waals surface area contributed by atoms with E-state index in [9.17, 15) is 9.59 Å². The molecule has 0 aliphatic heterocycles. The Bertz CT molecular complexity index is 767. The van der Waals surface area contributed by atoms with Gasteiger partial charge in [0, 0.05) is 11.4 Å². The minimum absolute atomic E-state index is 0.189. The van der Waals surface area contributed by atoms with E-state index in [2.05, 4.69) is 15.5 Å². The molecule has 130 valence electrons. The van der Waals surface area contributed by atoms with Crippen molar-refractivity contribution < 1.29 is 14.3 Å².